The fourth-order valence-electron chi connectivity index (χ4n) is 5.32. The molecule has 0 aromatic heterocycles. The summed E-state index contributed by atoms with van der Waals surface area (Å²) in [6, 6.07) is 9.72. The second kappa shape index (κ2) is 16.7. The van der Waals surface area contributed by atoms with Crippen LogP contribution in [0.15, 0.2) is 44.8 Å². The van der Waals surface area contributed by atoms with E-state index in [0.717, 1.165) is 37.7 Å². The average Bonchev–Trinajstić information content (AvgIpc) is 3.02. The second-order valence-electron chi connectivity index (χ2n) is 9.88. The molecular formula is C31H31N7O4. The zero-order chi connectivity index (χ0) is 31.1. The highest BCUT2D eigenvalue weighted by molar-refractivity contribution is 5.76. The highest BCUT2D eigenvalue weighted by Gasteiger charge is 2.33. The van der Waals surface area contributed by atoms with Crippen molar-refractivity contribution in [1.82, 2.24) is 5.32 Å². The Labute approximate surface area is 246 Å². The fraction of sp³-hybridized carbons (Fsp3) is 0.484. The lowest BCUT2D eigenvalue weighted by Gasteiger charge is -2.26. The van der Waals surface area contributed by atoms with Crippen LogP contribution in [0.4, 0.5) is 0 Å². The molecule has 42 heavy (non-hydrogen) atoms. The number of rotatable bonds is 11. The number of ether oxygens (including phenoxy) is 2. The van der Waals surface area contributed by atoms with Crippen molar-refractivity contribution >= 4 is 11.9 Å². The Hall–Kier alpha value is -5.36. The number of methoxy groups -OCH3 is 2. The summed E-state index contributed by atoms with van der Waals surface area (Å²) >= 11 is 0. The van der Waals surface area contributed by atoms with Gasteiger partial charge in [-0.3, -0.25) is 9.59 Å². The zero-order valence-corrected chi connectivity index (χ0v) is 23.7. The molecular weight excluding hydrogens is 534 g/mol. The average molecular weight is 566 g/mol. The highest BCUT2D eigenvalue weighted by Crippen LogP contribution is 2.38. The maximum atomic E-state index is 12.2. The van der Waals surface area contributed by atoms with Crippen LogP contribution in [0.1, 0.15) is 64.2 Å². The molecule has 214 valence electrons. The van der Waals surface area contributed by atoms with Crippen LogP contribution in [0.5, 0.6) is 0 Å². The first-order valence-electron chi connectivity index (χ1n) is 13.5. The molecule has 0 saturated carbocycles. The van der Waals surface area contributed by atoms with Gasteiger partial charge >= 0.3 is 11.9 Å². The molecule has 2 rings (SSSR count). The maximum absolute atomic E-state index is 12.2. The molecule has 0 spiro atoms. The van der Waals surface area contributed by atoms with Gasteiger partial charge in [-0.05, 0) is 49.7 Å². The predicted octanol–water partition coefficient (Wildman–Crippen LogP) is 4.72. The van der Waals surface area contributed by atoms with Gasteiger partial charge in [-0.1, -0.05) is 24.8 Å². The van der Waals surface area contributed by atoms with Crippen LogP contribution in [0.25, 0.3) is 4.85 Å². The predicted molar refractivity (Wildman–Crippen MR) is 148 cm³/mol. The third-order valence-corrected chi connectivity index (χ3v) is 7.42. The molecule has 0 aliphatic heterocycles. The number of carbonyl (C=O) groups excluding carboxylic acids is 2. The van der Waals surface area contributed by atoms with Crippen molar-refractivity contribution in [3.05, 3.63) is 56.2 Å². The summed E-state index contributed by atoms with van der Waals surface area (Å²) in [6.07, 6.45) is 5.54. The molecule has 2 unspecified atom stereocenters. The van der Waals surface area contributed by atoms with Gasteiger partial charge in [-0.25, -0.2) is 10.1 Å². The van der Waals surface area contributed by atoms with Gasteiger partial charge in [0, 0.05) is 18.7 Å². The Bertz CT molecular complexity index is 1330. The van der Waals surface area contributed by atoms with Crippen LogP contribution < -0.4 is 5.32 Å². The summed E-state index contributed by atoms with van der Waals surface area (Å²) < 4.78 is 9.74. The lowest BCUT2D eigenvalue weighted by atomic mass is 9.77. The number of nitrogens with one attached hydrogen (secondary N) is 1. The molecule has 2 aliphatic carbocycles. The van der Waals surface area contributed by atoms with Crippen LogP contribution in [-0.4, -0.2) is 32.7 Å². The quantitative estimate of drug-likeness (QED) is 0.159. The smallest absolute Gasteiger partial charge is 0.309 e. The number of hydrogen-bond acceptors (Lipinski definition) is 10. The Morgan fingerprint density at radius 3 is 1.93 bits per heavy atom. The van der Waals surface area contributed by atoms with Gasteiger partial charge in [-0.15, -0.1) is 0 Å². The summed E-state index contributed by atoms with van der Waals surface area (Å²) in [5, 5.41) is 50.8. The van der Waals surface area contributed by atoms with E-state index in [-0.39, 0.29) is 41.7 Å². The molecule has 0 saturated heterocycles. The molecule has 0 radical (unpaired) electrons. The van der Waals surface area contributed by atoms with Crippen molar-refractivity contribution < 1.29 is 19.1 Å². The Balaban J connectivity index is 1.99. The van der Waals surface area contributed by atoms with E-state index in [0.29, 0.717) is 36.2 Å². The van der Waals surface area contributed by atoms with Gasteiger partial charge < -0.3 is 14.8 Å². The highest BCUT2D eigenvalue weighted by atomic mass is 16.5. The van der Waals surface area contributed by atoms with Crippen LogP contribution in [0, 0.1) is 75.1 Å². The van der Waals surface area contributed by atoms with Crippen molar-refractivity contribution in [1.29, 1.82) is 26.3 Å². The molecule has 0 amide bonds. The molecule has 0 aromatic rings. The van der Waals surface area contributed by atoms with Crippen LogP contribution in [0.2, 0.25) is 0 Å². The molecule has 1 N–H and O–H groups in total. The van der Waals surface area contributed by atoms with Crippen molar-refractivity contribution in [2.75, 3.05) is 20.8 Å². The van der Waals surface area contributed by atoms with Gasteiger partial charge in [0.05, 0.1) is 62.0 Å². The number of hydrogen-bond donors (Lipinski definition) is 1. The number of nitrogens with zero attached hydrogens (tertiary/aromatic N) is 6. The van der Waals surface area contributed by atoms with Crippen molar-refractivity contribution in [3.63, 3.8) is 0 Å². The minimum Gasteiger partial charge on any atom is -0.469 e. The third-order valence-electron chi connectivity index (χ3n) is 7.42. The van der Waals surface area contributed by atoms with Crippen molar-refractivity contribution in [2.45, 2.75) is 64.2 Å². The lowest BCUT2D eigenvalue weighted by molar-refractivity contribution is -0.146. The van der Waals surface area contributed by atoms with E-state index in [9.17, 15) is 35.9 Å². The monoisotopic (exact) mass is 565 g/mol. The molecule has 11 nitrogen and oxygen atoms in total. The molecule has 2 atom stereocenters. The van der Waals surface area contributed by atoms with Gasteiger partial charge in [0.25, 0.3) is 5.70 Å². The van der Waals surface area contributed by atoms with E-state index in [1.54, 1.807) is 0 Å². The van der Waals surface area contributed by atoms with Crippen LogP contribution in [-0.2, 0) is 19.1 Å². The number of carbonyl (C=O) groups is 2. The molecule has 0 fully saturated rings. The van der Waals surface area contributed by atoms with Gasteiger partial charge in [0.2, 0.25) is 0 Å². The third kappa shape index (κ3) is 8.08. The summed E-state index contributed by atoms with van der Waals surface area (Å²) in [5.41, 5.74) is 2.04. The second-order valence-corrected chi connectivity index (χ2v) is 9.88. The first-order chi connectivity index (χ1) is 20.3. The maximum Gasteiger partial charge on any atom is 0.309 e. The van der Waals surface area contributed by atoms with Gasteiger partial charge in [0.1, 0.15) is 17.7 Å². The fourth-order valence-corrected chi connectivity index (χ4v) is 5.32. The number of nitriles is 5. The van der Waals surface area contributed by atoms with Gasteiger partial charge in [-0.2, -0.15) is 21.0 Å². The molecule has 0 heterocycles. The van der Waals surface area contributed by atoms with Gasteiger partial charge in [0.15, 0.2) is 0 Å². The summed E-state index contributed by atoms with van der Waals surface area (Å²) in [5.74, 6) is -2.03. The number of allylic oxidation sites excluding steroid dienone is 8. The topological polar surface area (TPSA) is 188 Å². The first-order valence-corrected chi connectivity index (χ1v) is 13.5. The Kier molecular flexibility index (Phi) is 13.0. The summed E-state index contributed by atoms with van der Waals surface area (Å²) in [7, 11) is 2.56. The summed E-state index contributed by atoms with van der Waals surface area (Å²) in [4.78, 5) is 27.7. The van der Waals surface area contributed by atoms with E-state index in [4.69, 9.17) is 16.0 Å². The van der Waals surface area contributed by atoms with E-state index in [1.807, 2.05) is 18.2 Å². The standard InChI is InChI=1S/C31H31N7O4/c1-37-29(19-36)25-13-22(31(40)42-3)14-28(27(25)18-35)38-10-8-6-4-5-7-9-20-11-21(30(39)41-2)12-24(26(20)17-34)23(15-32)16-33/h21-22,38H,4-14H2,2-3H3/b29-25+. The normalized spacial score (nSPS) is 19.1. The molecule has 2 aliphatic rings. The number of esters is 2. The Morgan fingerprint density at radius 1 is 0.810 bits per heavy atom. The zero-order valence-electron chi connectivity index (χ0n) is 23.7. The largest absolute Gasteiger partial charge is 0.469 e. The van der Waals surface area contributed by atoms with Crippen LogP contribution >= 0.6 is 0 Å². The van der Waals surface area contributed by atoms with Crippen molar-refractivity contribution in [3.8, 4) is 30.3 Å². The van der Waals surface area contributed by atoms with E-state index >= 15 is 0 Å². The number of unbranched alkanes of at least 4 members (excludes halogenated alkanes) is 4. The minimum absolute atomic E-state index is 0.0992. The van der Waals surface area contributed by atoms with E-state index in [2.05, 4.69) is 22.3 Å². The van der Waals surface area contributed by atoms with E-state index < -0.39 is 23.8 Å². The molecule has 11 heteroatoms. The first kappa shape index (κ1) is 32.8. The molecule has 0 aromatic carbocycles. The lowest BCUT2D eigenvalue weighted by Crippen LogP contribution is -2.28. The minimum atomic E-state index is -0.589. The van der Waals surface area contributed by atoms with E-state index in [1.165, 1.54) is 14.2 Å². The SMILES string of the molecule is [C-]#[N+]/C(C#N)=C1\CC(C(=O)OC)CC(NCCCCCCCC2=C(C#N)C(=C(C#N)C#N)CC(C(=O)OC)C2)=C1C#N. The Morgan fingerprint density at radius 2 is 1.38 bits per heavy atom. The molecule has 0 bridgehead atoms. The summed E-state index contributed by atoms with van der Waals surface area (Å²) in [6.45, 7) is 7.81. The van der Waals surface area contributed by atoms with Crippen molar-refractivity contribution in [2.24, 2.45) is 11.8 Å². The van der Waals surface area contributed by atoms with Crippen LogP contribution in [0.3, 0.4) is 0 Å².